The van der Waals surface area contributed by atoms with Crippen LogP contribution in [0.25, 0.3) is 11.8 Å². The van der Waals surface area contributed by atoms with E-state index < -0.39 is 9.83 Å². The summed E-state index contributed by atoms with van der Waals surface area (Å²) in [5.74, 6) is 2.68. The molecule has 0 aliphatic carbocycles. The van der Waals surface area contributed by atoms with Crippen molar-refractivity contribution in [2.24, 2.45) is 0 Å². The van der Waals surface area contributed by atoms with Crippen molar-refractivity contribution in [1.82, 2.24) is 4.90 Å². The Morgan fingerprint density at radius 3 is 2.52 bits per heavy atom. The van der Waals surface area contributed by atoms with E-state index >= 15 is 0 Å². The topological polar surface area (TPSA) is 40.2 Å². The molecule has 29 heavy (non-hydrogen) atoms. The van der Waals surface area contributed by atoms with Crippen LogP contribution in [0.15, 0.2) is 24.3 Å². The smallest absolute Gasteiger partial charge is 0.231 e. The largest absolute Gasteiger partial charge is 0.493 e. The molecule has 152 valence electrons. The number of hydrogen-bond acceptors (Lipinski definition) is 5. The highest BCUT2D eigenvalue weighted by molar-refractivity contribution is 6.68. The van der Waals surface area contributed by atoms with E-state index in [0.717, 1.165) is 40.3 Å². The Bertz CT molecular complexity index is 1030. The highest BCUT2D eigenvalue weighted by Gasteiger charge is 2.46. The van der Waals surface area contributed by atoms with Crippen molar-refractivity contribution in [3.05, 3.63) is 46.5 Å². The number of methoxy groups -OCH3 is 2. The Labute approximate surface area is 183 Å². The summed E-state index contributed by atoms with van der Waals surface area (Å²) in [7, 11) is 3.19. The lowest BCUT2D eigenvalue weighted by atomic mass is 9.86. The molecule has 0 radical (unpaired) electrons. The third-order valence-corrected chi connectivity index (χ3v) is 6.23. The van der Waals surface area contributed by atoms with E-state index in [2.05, 4.69) is 11.0 Å². The molecule has 0 saturated carbocycles. The molecule has 0 unspecified atom stereocenters. The molecule has 0 N–H and O–H groups in total. The van der Waals surface area contributed by atoms with Crippen LogP contribution in [0.4, 0.5) is 0 Å². The Morgan fingerprint density at radius 1 is 1.07 bits per heavy atom. The van der Waals surface area contributed by atoms with Gasteiger partial charge in [-0.2, -0.15) is 0 Å². The van der Waals surface area contributed by atoms with Gasteiger partial charge < -0.3 is 23.8 Å². The van der Waals surface area contributed by atoms with Gasteiger partial charge in [-0.3, -0.25) is 0 Å². The first-order valence-electron chi connectivity index (χ1n) is 9.15. The van der Waals surface area contributed by atoms with Gasteiger partial charge in [0.25, 0.3) is 0 Å². The van der Waals surface area contributed by atoms with Crippen molar-refractivity contribution in [2.45, 2.75) is 16.3 Å². The monoisotopic (exact) mass is 453 g/mol. The Kier molecular flexibility index (Phi) is 4.46. The van der Waals surface area contributed by atoms with Gasteiger partial charge >= 0.3 is 0 Å². The first kappa shape index (κ1) is 19.0. The zero-order valence-electron chi connectivity index (χ0n) is 15.8. The van der Waals surface area contributed by atoms with Gasteiger partial charge in [-0.15, -0.1) is 0 Å². The normalized spacial score (nSPS) is 19.1. The number of fused-ring (bicyclic) bond motifs is 5. The highest BCUT2D eigenvalue weighted by atomic mass is 35.6. The molecule has 5 nitrogen and oxygen atoms in total. The van der Waals surface area contributed by atoms with Crippen molar-refractivity contribution in [1.29, 1.82) is 0 Å². The van der Waals surface area contributed by atoms with E-state index in [4.69, 9.17) is 53.8 Å². The summed E-state index contributed by atoms with van der Waals surface area (Å²) in [6.07, 6.45) is 2.90. The van der Waals surface area contributed by atoms with Crippen LogP contribution in [0, 0.1) is 0 Å². The molecular formula is C21H18Cl3NO4. The summed E-state index contributed by atoms with van der Waals surface area (Å²) in [5, 5.41) is 0. The molecule has 3 aliphatic rings. The van der Waals surface area contributed by atoms with E-state index in [9.17, 15) is 0 Å². The summed E-state index contributed by atoms with van der Waals surface area (Å²) in [6.45, 7) is 0.925. The zero-order chi connectivity index (χ0) is 20.3. The summed E-state index contributed by atoms with van der Waals surface area (Å²) in [4.78, 5) is 2.13. The average molecular weight is 455 g/mol. The van der Waals surface area contributed by atoms with Crippen molar-refractivity contribution in [3.63, 3.8) is 0 Å². The van der Waals surface area contributed by atoms with Gasteiger partial charge in [-0.1, -0.05) is 40.9 Å². The Hall–Kier alpha value is -1.95. The lowest BCUT2D eigenvalue weighted by Crippen LogP contribution is -2.41. The molecule has 5 rings (SSSR count). The molecule has 1 atom stereocenters. The maximum Gasteiger partial charge on any atom is 0.231 e. The van der Waals surface area contributed by atoms with Crippen LogP contribution in [0.3, 0.4) is 0 Å². The molecule has 0 fully saturated rings. The second-order valence-electron chi connectivity index (χ2n) is 7.08. The number of benzene rings is 2. The number of ether oxygens (including phenoxy) is 4. The van der Waals surface area contributed by atoms with E-state index in [1.165, 1.54) is 5.56 Å². The van der Waals surface area contributed by atoms with Crippen LogP contribution < -0.4 is 18.9 Å². The van der Waals surface area contributed by atoms with E-state index in [1.54, 1.807) is 14.2 Å². The van der Waals surface area contributed by atoms with Crippen molar-refractivity contribution < 1.29 is 18.9 Å². The minimum Gasteiger partial charge on any atom is -0.493 e. The molecule has 0 bridgehead atoms. The van der Waals surface area contributed by atoms with Gasteiger partial charge in [0, 0.05) is 23.4 Å². The summed E-state index contributed by atoms with van der Waals surface area (Å²) < 4.78 is 20.7. The van der Waals surface area contributed by atoms with Crippen LogP contribution in [0.2, 0.25) is 0 Å². The molecule has 3 aliphatic heterocycles. The van der Waals surface area contributed by atoms with Gasteiger partial charge in [0.05, 0.1) is 14.2 Å². The van der Waals surface area contributed by atoms with Crippen LogP contribution in [0.5, 0.6) is 23.0 Å². The molecule has 3 heterocycles. The predicted octanol–water partition coefficient (Wildman–Crippen LogP) is 5.21. The van der Waals surface area contributed by atoms with E-state index in [-0.39, 0.29) is 6.79 Å². The van der Waals surface area contributed by atoms with Gasteiger partial charge in [0.15, 0.2) is 23.0 Å². The Balaban J connectivity index is 1.75. The molecular weight excluding hydrogens is 437 g/mol. The third-order valence-electron chi connectivity index (χ3n) is 5.61. The van der Waals surface area contributed by atoms with Crippen molar-refractivity contribution in [2.75, 3.05) is 27.6 Å². The quantitative estimate of drug-likeness (QED) is 0.582. The lowest BCUT2D eigenvalue weighted by Gasteiger charge is -2.45. The van der Waals surface area contributed by atoms with E-state index in [1.807, 2.05) is 24.3 Å². The van der Waals surface area contributed by atoms with Gasteiger partial charge in [0.2, 0.25) is 10.6 Å². The minimum absolute atomic E-state index is 0.234. The highest BCUT2D eigenvalue weighted by Crippen LogP contribution is 2.56. The van der Waals surface area contributed by atoms with E-state index in [0.29, 0.717) is 18.0 Å². The number of rotatable bonds is 2. The van der Waals surface area contributed by atoms with Crippen LogP contribution >= 0.6 is 34.8 Å². The van der Waals surface area contributed by atoms with Crippen LogP contribution in [-0.4, -0.2) is 36.2 Å². The molecule has 0 spiro atoms. The number of halogens is 3. The van der Waals surface area contributed by atoms with Crippen LogP contribution in [0.1, 0.15) is 28.3 Å². The fourth-order valence-electron chi connectivity index (χ4n) is 4.39. The number of nitrogens with zero attached hydrogens (tertiary/aromatic N) is 1. The van der Waals surface area contributed by atoms with Crippen molar-refractivity contribution in [3.8, 4) is 23.0 Å². The first-order chi connectivity index (χ1) is 13.9. The fraction of sp³-hybridized carbons (Fsp3) is 0.333. The minimum atomic E-state index is -1.58. The number of alkyl halides is 3. The van der Waals surface area contributed by atoms with Gasteiger partial charge in [0.1, 0.15) is 6.04 Å². The average Bonchev–Trinajstić information content (AvgIpc) is 3.16. The molecule has 0 saturated heterocycles. The van der Waals surface area contributed by atoms with Gasteiger partial charge in [-0.25, -0.2) is 0 Å². The standard InChI is InChI=1S/C21H18Cl3NO4/c1-26-15-4-3-12-7-14-13-9-17-16(28-10-29-17)8-11(13)5-6-25(14)20(21(22,23)24)18(12)19(15)27-2/h3-4,7-9,20H,5-6,10H2,1-2H3/t20-/m1/s1. The summed E-state index contributed by atoms with van der Waals surface area (Å²) >= 11 is 19.6. The molecule has 2 aromatic rings. The Morgan fingerprint density at radius 2 is 1.83 bits per heavy atom. The summed E-state index contributed by atoms with van der Waals surface area (Å²) in [5.41, 5.74) is 4.96. The zero-order valence-corrected chi connectivity index (χ0v) is 18.1. The fourth-order valence-corrected chi connectivity index (χ4v) is 5.07. The maximum absolute atomic E-state index is 6.53. The molecule has 8 heteroatoms. The van der Waals surface area contributed by atoms with Crippen LogP contribution in [-0.2, 0) is 6.42 Å². The number of hydrogen-bond donors (Lipinski definition) is 0. The lowest BCUT2D eigenvalue weighted by molar-refractivity contribution is 0.174. The molecule has 0 aromatic heterocycles. The predicted molar refractivity (Wildman–Crippen MR) is 113 cm³/mol. The first-order valence-corrected chi connectivity index (χ1v) is 10.3. The van der Waals surface area contributed by atoms with Gasteiger partial charge in [-0.05, 0) is 41.8 Å². The van der Waals surface area contributed by atoms with Crippen molar-refractivity contribution >= 4 is 46.6 Å². The SMILES string of the molecule is COc1ccc2c(c1OC)[C@H](C(Cl)(Cl)Cl)N1CCc3cc4c(cc3C1=C2)OCO4. The summed E-state index contributed by atoms with van der Waals surface area (Å²) in [6, 6.07) is 7.35. The maximum atomic E-state index is 6.53. The second kappa shape index (κ2) is 6.79. The third kappa shape index (κ3) is 2.90. The molecule has 2 aromatic carbocycles. The second-order valence-corrected chi connectivity index (χ2v) is 9.45. The molecule has 0 amide bonds.